The van der Waals surface area contributed by atoms with E-state index in [0.29, 0.717) is 23.9 Å². The van der Waals surface area contributed by atoms with Crippen molar-refractivity contribution in [3.8, 4) is 0 Å². The molecule has 138 valence electrons. The molecule has 25 heavy (non-hydrogen) atoms. The SMILES string of the molecule is CCN1CCN(C2=NCCN2S(=O)(=O)c2cc(C)c(C)cc2C)CC1. The molecule has 0 bridgehead atoms. The summed E-state index contributed by atoms with van der Waals surface area (Å²) >= 11 is 0. The molecule has 0 aromatic heterocycles. The minimum Gasteiger partial charge on any atom is -0.339 e. The zero-order chi connectivity index (χ0) is 18.2. The van der Waals surface area contributed by atoms with Crippen LogP contribution in [0.4, 0.5) is 0 Å². The van der Waals surface area contributed by atoms with Crippen LogP contribution in [0.3, 0.4) is 0 Å². The minimum absolute atomic E-state index is 0.400. The van der Waals surface area contributed by atoms with Crippen molar-refractivity contribution in [3.63, 3.8) is 0 Å². The number of benzene rings is 1. The first-order valence-corrected chi connectivity index (χ1v) is 10.4. The first-order chi connectivity index (χ1) is 11.8. The van der Waals surface area contributed by atoms with Crippen LogP contribution in [0.2, 0.25) is 0 Å². The van der Waals surface area contributed by atoms with Crippen LogP contribution in [0.25, 0.3) is 0 Å². The minimum atomic E-state index is -3.58. The van der Waals surface area contributed by atoms with E-state index in [1.54, 1.807) is 6.07 Å². The predicted molar refractivity (Wildman–Crippen MR) is 101 cm³/mol. The Balaban J connectivity index is 1.88. The van der Waals surface area contributed by atoms with Gasteiger partial charge in [0.25, 0.3) is 10.0 Å². The van der Waals surface area contributed by atoms with Crippen LogP contribution < -0.4 is 0 Å². The lowest BCUT2D eigenvalue weighted by Crippen LogP contribution is -2.53. The monoisotopic (exact) mass is 364 g/mol. The maximum Gasteiger partial charge on any atom is 0.266 e. The number of rotatable bonds is 3. The second-order valence-corrected chi connectivity index (χ2v) is 8.71. The van der Waals surface area contributed by atoms with Gasteiger partial charge in [0.05, 0.1) is 18.0 Å². The Hall–Kier alpha value is -1.60. The van der Waals surface area contributed by atoms with E-state index in [-0.39, 0.29) is 0 Å². The molecule has 3 rings (SSSR count). The fourth-order valence-electron chi connectivity index (χ4n) is 3.50. The fraction of sp³-hybridized carbons (Fsp3) is 0.611. The van der Waals surface area contributed by atoms with Crippen LogP contribution in [0.1, 0.15) is 23.6 Å². The normalized spacial score (nSPS) is 19.4. The molecule has 0 unspecified atom stereocenters. The standard InChI is InChI=1S/C18H28N4O2S/c1-5-20-8-10-21(11-9-20)18-19-6-7-22(18)25(23,24)17-13-15(3)14(2)12-16(17)4/h12-13H,5-11H2,1-4H3. The number of aliphatic imine (C=N–C) groups is 1. The highest BCUT2D eigenvalue weighted by Crippen LogP contribution is 2.26. The lowest BCUT2D eigenvalue weighted by atomic mass is 10.1. The highest BCUT2D eigenvalue weighted by molar-refractivity contribution is 7.89. The third-order valence-electron chi connectivity index (χ3n) is 5.24. The van der Waals surface area contributed by atoms with Crippen molar-refractivity contribution in [2.45, 2.75) is 32.6 Å². The van der Waals surface area contributed by atoms with Crippen molar-refractivity contribution in [3.05, 3.63) is 28.8 Å². The molecule has 6 nitrogen and oxygen atoms in total. The second kappa shape index (κ2) is 6.96. The summed E-state index contributed by atoms with van der Waals surface area (Å²) in [6, 6.07) is 3.75. The average molecular weight is 365 g/mol. The van der Waals surface area contributed by atoms with Crippen molar-refractivity contribution >= 4 is 16.0 Å². The molecule has 0 saturated carbocycles. The summed E-state index contributed by atoms with van der Waals surface area (Å²) in [5.41, 5.74) is 2.91. The fourth-order valence-corrected chi connectivity index (χ4v) is 5.24. The molecule has 1 aromatic rings. The molecule has 0 spiro atoms. The van der Waals surface area contributed by atoms with Crippen LogP contribution in [0.5, 0.6) is 0 Å². The Bertz CT molecular complexity index is 781. The van der Waals surface area contributed by atoms with E-state index in [0.717, 1.165) is 49.4 Å². The van der Waals surface area contributed by atoms with Crippen molar-refractivity contribution in [1.82, 2.24) is 14.1 Å². The first kappa shape index (κ1) is 18.2. The first-order valence-electron chi connectivity index (χ1n) is 8.97. The Morgan fingerprint density at radius 2 is 1.60 bits per heavy atom. The molecular formula is C18H28N4O2S. The summed E-state index contributed by atoms with van der Waals surface area (Å²) in [6.07, 6.45) is 0. The molecule has 2 heterocycles. The van der Waals surface area contributed by atoms with Crippen LogP contribution in [0, 0.1) is 20.8 Å². The summed E-state index contributed by atoms with van der Waals surface area (Å²) in [6.45, 7) is 13.5. The molecule has 0 radical (unpaired) electrons. The van der Waals surface area contributed by atoms with Gasteiger partial charge in [0.2, 0.25) is 5.96 Å². The van der Waals surface area contributed by atoms with E-state index in [9.17, 15) is 8.42 Å². The van der Waals surface area contributed by atoms with E-state index >= 15 is 0 Å². The maximum absolute atomic E-state index is 13.3. The summed E-state index contributed by atoms with van der Waals surface area (Å²) < 4.78 is 28.1. The largest absolute Gasteiger partial charge is 0.339 e. The number of piperazine rings is 1. The van der Waals surface area contributed by atoms with Crippen LogP contribution >= 0.6 is 0 Å². The number of nitrogens with zero attached hydrogens (tertiary/aromatic N) is 4. The molecule has 0 aliphatic carbocycles. The molecule has 7 heteroatoms. The third kappa shape index (κ3) is 3.40. The van der Waals surface area contributed by atoms with E-state index in [2.05, 4.69) is 21.7 Å². The zero-order valence-electron chi connectivity index (χ0n) is 15.6. The lowest BCUT2D eigenvalue weighted by Gasteiger charge is -2.37. The Morgan fingerprint density at radius 3 is 2.24 bits per heavy atom. The van der Waals surface area contributed by atoms with Gasteiger partial charge < -0.3 is 9.80 Å². The van der Waals surface area contributed by atoms with Crippen LogP contribution in [0.15, 0.2) is 22.0 Å². The molecule has 2 aliphatic rings. The zero-order valence-corrected chi connectivity index (χ0v) is 16.4. The number of guanidine groups is 1. The number of aryl methyl sites for hydroxylation is 3. The number of sulfonamides is 1. The van der Waals surface area contributed by atoms with Gasteiger partial charge in [-0.15, -0.1) is 0 Å². The molecule has 0 N–H and O–H groups in total. The number of likely N-dealkylation sites (N-methyl/N-ethyl adjacent to an activating group) is 1. The predicted octanol–water partition coefficient (Wildman–Crippen LogP) is 1.61. The van der Waals surface area contributed by atoms with Gasteiger partial charge in [-0.25, -0.2) is 12.7 Å². The quantitative estimate of drug-likeness (QED) is 0.818. The van der Waals surface area contributed by atoms with Gasteiger partial charge >= 0.3 is 0 Å². The molecule has 1 aromatic carbocycles. The summed E-state index contributed by atoms with van der Waals surface area (Å²) in [7, 11) is -3.58. The van der Waals surface area contributed by atoms with Gasteiger partial charge in [-0.1, -0.05) is 13.0 Å². The summed E-state index contributed by atoms with van der Waals surface area (Å²) in [5, 5.41) is 0. The van der Waals surface area contributed by atoms with Crippen molar-refractivity contribution < 1.29 is 8.42 Å². The van der Waals surface area contributed by atoms with Gasteiger partial charge in [-0.3, -0.25) is 4.99 Å². The van der Waals surface area contributed by atoms with Crippen LogP contribution in [-0.2, 0) is 10.0 Å². The molecular weight excluding hydrogens is 336 g/mol. The van der Waals surface area contributed by atoms with Crippen molar-refractivity contribution in [1.29, 1.82) is 0 Å². The molecule has 1 saturated heterocycles. The van der Waals surface area contributed by atoms with Gasteiger partial charge in [0, 0.05) is 26.2 Å². The Kier molecular flexibility index (Phi) is 5.06. The maximum atomic E-state index is 13.3. The third-order valence-corrected chi connectivity index (χ3v) is 7.16. The smallest absolute Gasteiger partial charge is 0.266 e. The van der Waals surface area contributed by atoms with E-state index in [1.807, 2.05) is 26.8 Å². The molecule has 0 amide bonds. The number of hydrogen-bond acceptors (Lipinski definition) is 5. The Labute approximate surface area is 151 Å². The van der Waals surface area contributed by atoms with E-state index < -0.39 is 10.0 Å². The van der Waals surface area contributed by atoms with Gasteiger partial charge in [0.15, 0.2) is 0 Å². The van der Waals surface area contributed by atoms with Crippen molar-refractivity contribution in [2.24, 2.45) is 4.99 Å². The van der Waals surface area contributed by atoms with E-state index in [1.165, 1.54) is 4.31 Å². The summed E-state index contributed by atoms with van der Waals surface area (Å²) in [4.78, 5) is 9.42. The van der Waals surface area contributed by atoms with Gasteiger partial charge in [-0.05, 0) is 50.1 Å². The van der Waals surface area contributed by atoms with Gasteiger partial charge in [-0.2, -0.15) is 0 Å². The lowest BCUT2D eigenvalue weighted by molar-refractivity contribution is 0.184. The highest BCUT2D eigenvalue weighted by Gasteiger charge is 2.35. The highest BCUT2D eigenvalue weighted by atomic mass is 32.2. The second-order valence-electron chi connectivity index (χ2n) is 6.88. The van der Waals surface area contributed by atoms with E-state index in [4.69, 9.17) is 0 Å². The topological polar surface area (TPSA) is 56.2 Å². The van der Waals surface area contributed by atoms with Gasteiger partial charge in [0.1, 0.15) is 0 Å². The average Bonchev–Trinajstić information content (AvgIpc) is 3.08. The van der Waals surface area contributed by atoms with Crippen LogP contribution in [-0.4, -0.2) is 74.3 Å². The summed E-state index contributed by atoms with van der Waals surface area (Å²) in [5.74, 6) is 0.619. The number of hydrogen-bond donors (Lipinski definition) is 0. The van der Waals surface area contributed by atoms with Crippen molar-refractivity contribution in [2.75, 3.05) is 45.8 Å². The molecule has 2 aliphatic heterocycles. The molecule has 1 fully saturated rings. The molecule has 0 atom stereocenters. The Morgan fingerprint density at radius 1 is 0.960 bits per heavy atom.